The smallest absolute Gasteiger partial charge is 0.270 e. The third-order valence-electron chi connectivity index (χ3n) is 4.79. The molecule has 0 bridgehead atoms. The van der Waals surface area contributed by atoms with Gasteiger partial charge in [-0.15, -0.1) is 0 Å². The van der Waals surface area contributed by atoms with Crippen molar-refractivity contribution in [3.05, 3.63) is 87.0 Å². The fraction of sp³-hybridized carbons (Fsp3) is 0.0476. The largest absolute Gasteiger partial charge is 0.348 e. The van der Waals surface area contributed by atoms with Crippen LogP contribution in [0.25, 0.3) is 20.4 Å². The quantitative estimate of drug-likeness (QED) is 0.142. The highest BCUT2D eigenvalue weighted by Crippen LogP contribution is 2.32. The van der Waals surface area contributed by atoms with E-state index in [2.05, 4.69) is 25.9 Å². The molecule has 0 aliphatic carbocycles. The molecular weight excluding hydrogens is 478 g/mol. The molecule has 2 aromatic heterocycles. The van der Waals surface area contributed by atoms with Gasteiger partial charge in [0.1, 0.15) is 0 Å². The lowest BCUT2D eigenvalue weighted by Crippen LogP contribution is -2.36. The summed E-state index contributed by atoms with van der Waals surface area (Å²) in [5, 5.41) is 33.1. The first-order chi connectivity index (χ1) is 16.4. The second-order valence-corrected chi connectivity index (χ2v) is 9.15. The van der Waals surface area contributed by atoms with E-state index in [9.17, 15) is 20.2 Å². The predicted octanol–water partition coefficient (Wildman–Crippen LogP) is 5.64. The number of fused-ring (bicyclic) bond motifs is 2. The molecule has 11 nitrogen and oxygen atoms in total. The van der Waals surface area contributed by atoms with Crippen LogP contribution in [0.5, 0.6) is 0 Å². The highest BCUT2D eigenvalue weighted by molar-refractivity contribution is 7.22. The Bertz CT molecular complexity index is 1430. The summed E-state index contributed by atoms with van der Waals surface area (Å²) >= 11 is 2.58. The van der Waals surface area contributed by atoms with Gasteiger partial charge in [0.25, 0.3) is 11.4 Å². The Labute approximate surface area is 199 Å². The zero-order valence-corrected chi connectivity index (χ0v) is 18.8. The monoisotopic (exact) mass is 493 g/mol. The van der Waals surface area contributed by atoms with Crippen molar-refractivity contribution in [1.29, 1.82) is 0 Å². The lowest BCUT2D eigenvalue weighted by molar-refractivity contribution is -0.384. The summed E-state index contributed by atoms with van der Waals surface area (Å²) in [6.07, 6.45) is -0.548. The van der Waals surface area contributed by atoms with Gasteiger partial charge < -0.3 is 16.0 Å². The minimum absolute atomic E-state index is 0.00311. The Morgan fingerprint density at radius 2 is 1.21 bits per heavy atom. The average molecular weight is 494 g/mol. The van der Waals surface area contributed by atoms with E-state index in [4.69, 9.17) is 0 Å². The standard InChI is InChI=1S/C21H15N7O4S2/c29-27(30)13-6-8-15-17(10-13)33-20(23-15)25-19(22-12-4-2-1-3-5-12)26-21-24-16-9-7-14(28(31)32)11-18(16)34-21/h1-11,19,22H,(H,23,25)(H,24,26). The predicted molar refractivity (Wildman–Crippen MR) is 134 cm³/mol. The summed E-state index contributed by atoms with van der Waals surface area (Å²) in [4.78, 5) is 30.3. The number of benzene rings is 3. The number of anilines is 3. The number of aromatic nitrogens is 2. The van der Waals surface area contributed by atoms with E-state index in [-0.39, 0.29) is 11.4 Å². The Morgan fingerprint density at radius 3 is 1.68 bits per heavy atom. The number of nitro benzene ring substituents is 2. The number of non-ortho nitro benzene ring substituents is 2. The number of hydrogen-bond donors (Lipinski definition) is 3. The highest BCUT2D eigenvalue weighted by Gasteiger charge is 2.16. The minimum atomic E-state index is -0.548. The minimum Gasteiger partial charge on any atom is -0.348 e. The van der Waals surface area contributed by atoms with Crippen LogP contribution in [-0.4, -0.2) is 26.1 Å². The molecule has 170 valence electrons. The number of nitro groups is 2. The van der Waals surface area contributed by atoms with Gasteiger partial charge in [-0.2, -0.15) is 0 Å². The maximum atomic E-state index is 11.1. The number of nitrogens with zero attached hydrogens (tertiary/aromatic N) is 4. The van der Waals surface area contributed by atoms with Gasteiger partial charge in [-0.1, -0.05) is 40.9 Å². The Hall–Kier alpha value is -4.36. The van der Waals surface area contributed by atoms with Crippen LogP contribution in [0, 0.1) is 20.2 Å². The molecular formula is C21H15N7O4S2. The fourth-order valence-corrected chi connectivity index (χ4v) is 5.09. The van der Waals surface area contributed by atoms with Gasteiger partial charge in [-0.05, 0) is 24.3 Å². The summed E-state index contributed by atoms with van der Waals surface area (Å²) in [5.41, 5.74) is 2.13. The van der Waals surface area contributed by atoms with Crippen LogP contribution in [-0.2, 0) is 0 Å². The molecule has 0 saturated heterocycles. The number of para-hydroxylation sites is 1. The van der Waals surface area contributed by atoms with Crippen molar-refractivity contribution in [1.82, 2.24) is 9.97 Å². The molecule has 0 saturated carbocycles. The highest BCUT2D eigenvalue weighted by atomic mass is 32.1. The second-order valence-electron chi connectivity index (χ2n) is 7.09. The van der Waals surface area contributed by atoms with Crippen LogP contribution >= 0.6 is 22.7 Å². The molecule has 5 rings (SSSR count). The second kappa shape index (κ2) is 8.88. The SMILES string of the molecule is O=[N+]([O-])c1ccc2nc(NC(Nc3ccccc3)Nc3nc4ccc([N+](=O)[O-])cc4s3)sc2c1. The van der Waals surface area contributed by atoms with Crippen molar-refractivity contribution in [2.24, 2.45) is 0 Å². The topological polar surface area (TPSA) is 148 Å². The molecule has 3 N–H and O–H groups in total. The van der Waals surface area contributed by atoms with Crippen molar-refractivity contribution in [3.63, 3.8) is 0 Å². The Morgan fingerprint density at radius 1 is 0.706 bits per heavy atom. The zero-order chi connectivity index (χ0) is 23.7. The molecule has 0 fully saturated rings. The van der Waals surface area contributed by atoms with E-state index in [1.54, 1.807) is 12.1 Å². The molecule has 0 atom stereocenters. The molecule has 0 radical (unpaired) electrons. The molecule has 34 heavy (non-hydrogen) atoms. The summed E-state index contributed by atoms with van der Waals surface area (Å²) in [6.45, 7) is 0. The summed E-state index contributed by atoms with van der Waals surface area (Å²) in [5.74, 6) is 0. The number of rotatable bonds is 8. The van der Waals surface area contributed by atoms with Gasteiger partial charge in [0, 0.05) is 30.0 Å². The third-order valence-corrected chi connectivity index (χ3v) is 6.68. The summed E-state index contributed by atoms with van der Waals surface area (Å²) in [6, 6.07) is 18.6. The van der Waals surface area contributed by atoms with Gasteiger partial charge >= 0.3 is 0 Å². The third kappa shape index (κ3) is 4.55. The van der Waals surface area contributed by atoms with Gasteiger partial charge in [0.15, 0.2) is 16.6 Å². The first-order valence-corrected chi connectivity index (χ1v) is 11.5. The van der Waals surface area contributed by atoms with Crippen molar-refractivity contribution in [2.45, 2.75) is 6.29 Å². The van der Waals surface area contributed by atoms with Crippen molar-refractivity contribution >= 4 is 70.4 Å². The lowest BCUT2D eigenvalue weighted by atomic mass is 10.3. The fourth-order valence-electron chi connectivity index (χ4n) is 3.23. The van der Waals surface area contributed by atoms with Crippen molar-refractivity contribution < 1.29 is 9.85 Å². The van der Waals surface area contributed by atoms with Crippen LogP contribution in [0.1, 0.15) is 0 Å². The molecule has 0 amide bonds. The van der Waals surface area contributed by atoms with E-state index in [0.29, 0.717) is 30.7 Å². The summed E-state index contributed by atoms with van der Waals surface area (Å²) < 4.78 is 1.37. The van der Waals surface area contributed by atoms with Crippen LogP contribution < -0.4 is 16.0 Å². The Balaban J connectivity index is 1.43. The van der Waals surface area contributed by atoms with E-state index >= 15 is 0 Å². The number of hydrogen-bond acceptors (Lipinski definition) is 11. The van der Waals surface area contributed by atoms with Crippen LogP contribution in [0.4, 0.5) is 27.3 Å². The Kier molecular flexibility index (Phi) is 5.61. The molecule has 0 aliphatic heterocycles. The van der Waals surface area contributed by atoms with Gasteiger partial charge in [0.05, 0.1) is 30.3 Å². The molecule has 0 unspecified atom stereocenters. The van der Waals surface area contributed by atoms with Crippen LogP contribution in [0.2, 0.25) is 0 Å². The number of thiazole rings is 2. The molecule has 3 aromatic carbocycles. The van der Waals surface area contributed by atoms with E-state index in [1.165, 1.54) is 46.9 Å². The van der Waals surface area contributed by atoms with Gasteiger partial charge in [-0.25, -0.2) is 9.97 Å². The first-order valence-electron chi connectivity index (χ1n) is 9.89. The molecule has 0 aliphatic rings. The molecule has 2 heterocycles. The van der Waals surface area contributed by atoms with Gasteiger partial charge in [0.2, 0.25) is 0 Å². The van der Waals surface area contributed by atoms with E-state index in [1.807, 2.05) is 30.3 Å². The van der Waals surface area contributed by atoms with Gasteiger partial charge in [-0.3, -0.25) is 20.2 Å². The van der Waals surface area contributed by atoms with Crippen LogP contribution in [0.15, 0.2) is 66.7 Å². The molecule has 0 spiro atoms. The maximum absolute atomic E-state index is 11.1. The van der Waals surface area contributed by atoms with Crippen LogP contribution in [0.3, 0.4) is 0 Å². The molecule has 13 heteroatoms. The summed E-state index contributed by atoms with van der Waals surface area (Å²) in [7, 11) is 0. The van der Waals surface area contributed by atoms with E-state index < -0.39 is 16.1 Å². The normalized spacial score (nSPS) is 11.1. The lowest BCUT2D eigenvalue weighted by Gasteiger charge is -2.21. The van der Waals surface area contributed by atoms with Crippen molar-refractivity contribution in [3.8, 4) is 0 Å². The number of nitrogens with one attached hydrogen (secondary N) is 3. The molecule has 5 aromatic rings. The first kappa shape index (κ1) is 21.5. The maximum Gasteiger partial charge on any atom is 0.270 e. The zero-order valence-electron chi connectivity index (χ0n) is 17.2. The van der Waals surface area contributed by atoms with E-state index in [0.717, 1.165) is 5.69 Å². The average Bonchev–Trinajstić information content (AvgIpc) is 3.41. The van der Waals surface area contributed by atoms with Crippen molar-refractivity contribution in [2.75, 3.05) is 16.0 Å².